The number of hydrazone groups is 1. The Morgan fingerprint density at radius 2 is 1.78 bits per heavy atom. The van der Waals surface area contributed by atoms with Gasteiger partial charge in [-0.15, -0.1) is 0 Å². The zero-order valence-corrected chi connectivity index (χ0v) is 19.5. The van der Waals surface area contributed by atoms with E-state index in [1.807, 2.05) is 18.2 Å². The number of benzene rings is 2. The molecule has 32 heavy (non-hydrogen) atoms. The maximum atomic E-state index is 13.4. The third-order valence-corrected chi connectivity index (χ3v) is 6.58. The smallest absolute Gasteiger partial charge is 0.257 e. The van der Waals surface area contributed by atoms with Crippen LogP contribution in [0.15, 0.2) is 47.6 Å². The van der Waals surface area contributed by atoms with Gasteiger partial charge in [0.1, 0.15) is 11.5 Å². The number of methoxy groups -OCH3 is 2. The van der Waals surface area contributed by atoms with Crippen molar-refractivity contribution in [3.8, 4) is 11.5 Å². The average molecular weight is 436 g/mol. The first-order valence-corrected chi connectivity index (χ1v) is 11.4. The van der Waals surface area contributed by atoms with Crippen molar-refractivity contribution < 1.29 is 14.3 Å². The van der Waals surface area contributed by atoms with Gasteiger partial charge in [0.05, 0.1) is 32.5 Å². The molecule has 0 bridgehead atoms. The summed E-state index contributed by atoms with van der Waals surface area (Å²) in [5.74, 6) is 2.21. The number of nitrogens with zero attached hydrogens (tertiary/aromatic N) is 3. The highest BCUT2D eigenvalue weighted by Crippen LogP contribution is 2.36. The van der Waals surface area contributed by atoms with Gasteiger partial charge in [-0.1, -0.05) is 36.8 Å². The van der Waals surface area contributed by atoms with Crippen LogP contribution in [0, 0.1) is 12.8 Å². The standard InChI is InChI=1S/C26H33N3O3/c1-18-5-7-20(8-6-18)24-16-23(22-10-9-21(31-3)15-25(22)32-4)27-29(24)26(30)17-28-13-11-19(2)12-14-28/h5-10,15,19,24H,11-14,16-17H2,1-4H3/t24-/m1/s1. The molecule has 0 spiro atoms. The lowest BCUT2D eigenvalue weighted by molar-refractivity contribution is -0.134. The number of aryl methyl sites for hydroxylation is 1. The van der Waals surface area contributed by atoms with Crippen molar-refractivity contribution in [3.05, 3.63) is 59.2 Å². The van der Waals surface area contributed by atoms with Crippen molar-refractivity contribution in [2.75, 3.05) is 33.9 Å². The van der Waals surface area contributed by atoms with Crippen LogP contribution in [0.4, 0.5) is 0 Å². The summed E-state index contributed by atoms with van der Waals surface area (Å²) in [6.07, 6.45) is 2.94. The molecular formula is C26H33N3O3. The number of rotatable bonds is 6. The molecule has 0 aliphatic carbocycles. The minimum atomic E-state index is -0.117. The van der Waals surface area contributed by atoms with E-state index in [4.69, 9.17) is 14.6 Å². The fourth-order valence-electron chi connectivity index (χ4n) is 4.47. The summed E-state index contributed by atoms with van der Waals surface area (Å²) in [6.45, 7) is 6.71. The topological polar surface area (TPSA) is 54.4 Å². The number of amides is 1. The Balaban J connectivity index is 1.62. The van der Waals surface area contributed by atoms with E-state index in [2.05, 4.69) is 43.0 Å². The Labute approximate surface area is 190 Å². The summed E-state index contributed by atoms with van der Waals surface area (Å²) in [4.78, 5) is 15.7. The molecule has 4 rings (SSSR count). The van der Waals surface area contributed by atoms with Crippen molar-refractivity contribution in [2.24, 2.45) is 11.0 Å². The third kappa shape index (κ3) is 4.80. The van der Waals surface area contributed by atoms with Gasteiger partial charge in [-0.25, -0.2) is 5.01 Å². The normalized spacial score (nSPS) is 19.7. The van der Waals surface area contributed by atoms with E-state index in [0.717, 1.165) is 54.4 Å². The number of carbonyl (C=O) groups excluding carboxylic acids is 1. The first-order chi connectivity index (χ1) is 15.5. The summed E-state index contributed by atoms with van der Waals surface area (Å²) in [7, 11) is 3.28. The Morgan fingerprint density at radius 3 is 2.44 bits per heavy atom. The highest BCUT2D eigenvalue weighted by Gasteiger charge is 2.35. The van der Waals surface area contributed by atoms with E-state index in [-0.39, 0.29) is 11.9 Å². The second kappa shape index (κ2) is 9.74. The summed E-state index contributed by atoms with van der Waals surface area (Å²) in [6, 6.07) is 14.0. The van der Waals surface area contributed by atoms with Crippen molar-refractivity contribution in [2.45, 2.75) is 39.2 Å². The molecule has 2 aromatic rings. The molecule has 0 aromatic heterocycles. The Kier molecular flexibility index (Phi) is 6.80. The van der Waals surface area contributed by atoms with Crippen LogP contribution in [0.2, 0.25) is 0 Å². The van der Waals surface area contributed by atoms with Gasteiger partial charge >= 0.3 is 0 Å². The lowest BCUT2D eigenvalue weighted by Crippen LogP contribution is -2.41. The number of hydrogen-bond acceptors (Lipinski definition) is 5. The van der Waals surface area contributed by atoms with Crippen LogP contribution in [0.3, 0.4) is 0 Å². The molecule has 170 valence electrons. The zero-order valence-electron chi connectivity index (χ0n) is 19.5. The van der Waals surface area contributed by atoms with Crippen LogP contribution in [0.1, 0.15) is 48.9 Å². The van der Waals surface area contributed by atoms with E-state index < -0.39 is 0 Å². The molecular weight excluding hydrogens is 402 g/mol. The third-order valence-electron chi connectivity index (χ3n) is 6.58. The summed E-state index contributed by atoms with van der Waals surface area (Å²) < 4.78 is 10.9. The molecule has 2 heterocycles. The largest absolute Gasteiger partial charge is 0.497 e. The van der Waals surface area contributed by atoms with Crippen molar-refractivity contribution in [1.29, 1.82) is 0 Å². The fourth-order valence-corrected chi connectivity index (χ4v) is 4.47. The zero-order chi connectivity index (χ0) is 22.7. The van der Waals surface area contributed by atoms with E-state index in [1.54, 1.807) is 19.2 Å². The second-order valence-electron chi connectivity index (χ2n) is 8.94. The molecule has 2 aromatic carbocycles. The predicted molar refractivity (Wildman–Crippen MR) is 126 cm³/mol. The van der Waals surface area contributed by atoms with Crippen LogP contribution >= 0.6 is 0 Å². The second-order valence-corrected chi connectivity index (χ2v) is 8.94. The van der Waals surface area contributed by atoms with Gasteiger partial charge in [0.2, 0.25) is 0 Å². The molecule has 2 aliphatic rings. The molecule has 6 heteroatoms. The van der Waals surface area contributed by atoms with E-state index >= 15 is 0 Å². The number of carbonyl (C=O) groups is 1. The molecule has 1 saturated heterocycles. The summed E-state index contributed by atoms with van der Waals surface area (Å²) in [5, 5.41) is 6.53. The van der Waals surface area contributed by atoms with Crippen molar-refractivity contribution >= 4 is 11.6 Å². The van der Waals surface area contributed by atoms with Crippen LogP contribution in [-0.4, -0.2) is 55.4 Å². The van der Waals surface area contributed by atoms with Crippen LogP contribution < -0.4 is 9.47 Å². The molecule has 0 N–H and O–H groups in total. The van der Waals surface area contributed by atoms with Gasteiger partial charge in [-0.2, -0.15) is 5.10 Å². The van der Waals surface area contributed by atoms with E-state index in [1.165, 1.54) is 5.56 Å². The average Bonchev–Trinajstić information content (AvgIpc) is 3.26. The fraction of sp³-hybridized carbons (Fsp3) is 0.462. The summed E-state index contributed by atoms with van der Waals surface area (Å²) >= 11 is 0. The van der Waals surface area contributed by atoms with Gasteiger partial charge < -0.3 is 9.47 Å². The van der Waals surface area contributed by atoms with Gasteiger partial charge in [0.25, 0.3) is 5.91 Å². The number of ether oxygens (including phenoxy) is 2. The van der Waals surface area contributed by atoms with Crippen LogP contribution in [0.25, 0.3) is 0 Å². The number of hydrogen-bond donors (Lipinski definition) is 0. The molecule has 1 fully saturated rings. The maximum Gasteiger partial charge on any atom is 0.257 e. The van der Waals surface area contributed by atoms with E-state index in [0.29, 0.717) is 18.7 Å². The molecule has 0 saturated carbocycles. The quantitative estimate of drug-likeness (QED) is 0.674. The molecule has 6 nitrogen and oxygen atoms in total. The summed E-state index contributed by atoms with van der Waals surface area (Å²) in [5.41, 5.74) is 4.05. The highest BCUT2D eigenvalue weighted by atomic mass is 16.5. The van der Waals surface area contributed by atoms with Crippen molar-refractivity contribution in [3.63, 3.8) is 0 Å². The molecule has 1 amide bonds. The van der Waals surface area contributed by atoms with E-state index in [9.17, 15) is 4.79 Å². The minimum absolute atomic E-state index is 0.0487. The molecule has 0 radical (unpaired) electrons. The number of likely N-dealkylation sites (tertiary alicyclic amines) is 1. The maximum absolute atomic E-state index is 13.4. The van der Waals surface area contributed by atoms with Gasteiger partial charge in [-0.3, -0.25) is 9.69 Å². The first-order valence-electron chi connectivity index (χ1n) is 11.4. The molecule has 2 aliphatic heterocycles. The van der Waals surface area contributed by atoms with Gasteiger partial charge in [0, 0.05) is 18.1 Å². The predicted octanol–water partition coefficient (Wildman–Crippen LogP) is 4.42. The van der Waals surface area contributed by atoms with Crippen molar-refractivity contribution in [1.82, 2.24) is 9.91 Å². The number of piperidine rings is 1. The lowest BCUT2D eigenvalue weighted by atomic mass is 9.97. The molecule has 1 atom stereocenters. The van der Waals surface area contributed by atoms with Gasteiger partial charge in [-0.05, 0) is 56.5 Å². The molecule has 0 unspecified atom stereocenters. The minimum Gasteiger partial charge on any atom is -0.497 e. The van der Waals surface area contributed by atoms with Crippen LogP contribution in [0.5, 0.6) is 11.5 Å². The Bertz CT molecular complexity index is 978. The van der Waals surface area contributed by atoms with Crippen LogP contribution in [-0.2, 0) is 4.79 Å². The lowest BCUT2D eigenvalue weighted by Gasteiger charge is -2.31. The Morgan fingerprint density at radius 1 is 1.06 bits per heavy atom. The Hall–Kier alpha value is -2.86. The highest BCUT2D eigenvalue weighted by molar-refractivity contribution is 6.05. The first kappa shape index (κ1) is 22.3. The monoisotopic (exact) mass is 435 g/mol. The SMILES string of the molecule is COc1ccc(C2=NN(C(=O)CN3CCC(C)CC3)[C@@H](c3ccc(C)cc3)C2)c(OC)c1. The van der Waals surface area contributed by atoms with Gasteiger partial charge in [0.15, 0.2) is 0 Å².